The first-order chi connectivity index (χ1) is 9.31. The van der Waals surface area contributed by atoms with E-state index in [1.54, 1.807) is 6.33 Å². The van der Waals surface area contributed by atoms with E-state index in [2.05, 4.69) is 58.6 Å². The van der Waals surface area contributed by atoms with E-state index in [0.29, 0.717) is 0 Å². The number of nitrogens with one attached hydrogen (secondary N) is 2. The summed E-state index contributed by atoms with van der Waals surface area (Å²) in [5, 5.41) is 3.43. The number of benzene rings is 1. The number of rotatable bonds is 4. The van der Waals surface area contributed by atoms with Gasteiger partial charge in [0.05, 0.1) is 18.2 Å². The summed E-state index contributed by atoms with van der Waals surface area (Å²) in [7, 11) is 0. The molecule has 2 heterocycles. The second-order valence-electron chi connectivity index (χ2n) is 4.41. The zero-order chi connectivity index (χ0) is 13.1. The zero-order valence-corrected chi connectivity index (χ0v) is 11.5. The van der Waals surface area contributed by atoms with Gasteiger partial charge in [0.1, 0.15) is 0 Å². The van der Waals surface area contributed by atoms with Gasteiger partial charge in [-0.1, -0.05) is 12.1 Å². The lowest BCUT2D eigenvalue weighted by Crippen LogP contribution is -1.96. The fraction of sp³-hybridized carbons (Fsp3) is 0.133. The van der Waals surface area contributed by atoms with Crippen LogP contribution in [0.25, 0.3) is 11.3 Å². The van der Waals surface area contributed by atoms with Crippen LogP contribution in [-0.4, -0.2) is 9.97 Å². The number of hydrogen-bond donors (Lipinski definition) is 2. The van der Waals surface area contributed by atoms with Gasteiger partial charge >= 0.3 is 0 Å². The van der Waals surface area contributed by atoms with E-state index in [1.807, 2.05) is 17.5 Å². The molecule has 2 aromatic heterocycles. The molecule has 0 aliphatic heterocycles. The first-order valence-electron chi connectivity index (χ1n) is 6.19. The number of aromatic amines is 1. The molecule has 0 bridgehead atoms. The van der Waals surface area contributed by atoms with Crippen LogP contribution in [0.1, 0.15) is 9.75 Å². The summed E-state index contributed by atoms with van der Waals surface area (Å²) in [6.07, 6.45) is 3.53. The maximum atomic E-state index is 4.03. The molecular weight excluding hydrogens is 254 g/mol. The summed E-state index contributed by atoms with van der Waals surface area (Å²) in [6, 6.07) is 12.7. The Morgan fingerprint density at radius 3 is 2.63 bits per heavy atom. The average molecular weight is 269 g/mol. The highest BCUT2D eigenvalue weighted by Crippen LogP contribution is 2.20. The van der Waals surface area contributed by atoms with Gasteiger partial charge in [0, 0.05) is 22.0 Å². The van der Waals surface area contributed by atoms with E-state index in [0.717, 1.165) is 23.5 Å². The molecule has 0 aliphatic rings. The number of thiophene rings is 1. The lowest BCUT2D eigenvalue weighted by Gasteiger charge is -2.05. The Kier molecular flexibility index (Phi) is 3.33. The van der Waals surface area contributed by atoms with Crippen molar-refractivity contribution in [2.24, 2.45) is 0 Å². The lowest BCUT2D eigenvalue weighted by atomic mass is 10.1. The Balaban J connectivity index is 1.66. The lowest BCUT2D eigenvalue weighted by molar-refractivity contribution is 1.19. The van der Waals surface area contributed by atoms with Crippen LogP contribution in [0.2, 0.25) is 0 Å². The van der Waals surface area contributed by atoms with E-state index in [-0.39, 0.29) is 0 Å². The van der Waals surface area contributed by atoms with Crippen LogP contribution in [0.15, 0.2) is 48.9 Å². The van der Waals surface area contributed by atoms with Crippen molar-refractivity contribution in [1.29, 1.82) is 0 Å². The van der Waals surface area contributed by atoms with Crippen LogP contribution in [-0.2, 0) is 6.54 Å². The second-order valence-corrected chi connectivity index (χ2v) is 5.78. The third kappa shape index (κ3) is 2.85. The van der Waals surface area contributed by atoms with E-state index < -0.39 is 0 Å². The van der Waals surface area contributed by atoms with Gasteiger partial charge in [-0.25, -0.2) is 4.98 Å². The van der Waals surface area contributed by atoms with Gasteiger partial charge in [-0.05, 0) is 36.8 Å². The first-order valence-corrected chi connectivity index (χ1v) is 7.01. The number of aryl methyl sites for hydroxylation is 1. The molecule has 96 valence electrons. The minimum Gasteiger partial charge on any atom is -0.380 e. The molecule has 0 saturated carbocycles. The van der Waals surface area contributed by atoms with Gasteiger partial charge in [-0.3, -0.25) is 0 Å². The predicted octanol–water partition coefficient (Wildman–Crippen LogP) is 4.06. The summed E-state index contributed by atoms with van der Waals surface area (Å²) in [5.74, 6) is 0. The molecule has 0 atom stereocenters. The number of nitrogens with zero attached hydrogens (tertiary/aromatic N) is 1. The summed E-state index contributed by atoms with van der Waals surface area (Å²) < 4.78 is 0. The topological polar surface area (TPSA) is 40.7 Å². The Labute approximate surface area is 116 Å². The molecule has 2 N–H and O–H groups in total. The molecule has 4 heteroatoms. The van der Waals surface area contributed by atoms with Gasteiger partial charge in [0.25, 0.3) is 0 Å². The third-order valence-electron chi connectivity index (χ3n) is 2.96. The molecule has 19 heavy (non-hydrogen) atoms. The van der Waals surface area contributed by atoms with Crippen molar-refractivity contribution in [2.45, 2.75) is 13.5 Å². The van der Waals surface area contributed by atoms with Crippen LogP contribution < -0.4 is 5.32 Å². The molecule has 0 fully saturated rings. The Bertz CT molecular complexity index is 638. The number of anilines is 1. The highest BCUT2D eigenvalue weighted by Gasteiger charge is 2.00. The predicted molar refractivity (Wildman–Crippen MR) is 80.4 cm³/mol. The first kappa shape index (κ1) is 12.0. The molecule has 0 radical (unpaired) electrons. The summed E-state index contributed by atoms with van der Waals surface area (Å²) in [6.45, 7) is 3.01. The molecule has 1 aromatic carbocycles. The van der Waals surface area contributed by atoms with Crippen molar-refractivity contribution < 1.29 is 0 Å². The van der Waals surface area contributed by atoms with Crippen molar-refractivity contribution in [3.05, 3.63) is 58.7 Å². The largest absolute Gasteiger partial charge is 0.380 e. The van der Waals surface area contributed by atoms with E-state index in [9.17, 15) is 0 Å². The SMILES string of the molecule is Cc1ccc(CNc2ccc(-c3cnc[nH]3)cc2)s1. The molecule has 3 aromatic rings. The molecule has 3 rings (SSSR count). The molecular formula is C15H15N3S. The van der Waals surface area contributed by atoms with Crippen LogP contribution >= 0.6 is 11.3 Å². The smallest absolute Gasteiger partial charge is 0.0924 e. The van der Waals surface area contributed by atoms with Crippen molar-refractivity contribution >= 4 is 17.0 Å². The van der Waals surface area contributed by atoms with Gasteiger partial charge in [-0.2, -0.15) is 0 Å². The minimum absolute atomic E-state index is 0.877. The zero-order valence-electron chi connectivity index (χ0n) is 10.7. The molecule has 3 nitrogen and oxygen atoms in total. The van der Waals surface area contributed by atoms with Crippen molar-refractivity contribution in [3.63, 3.8) is 0 Å². The molecule has 0 spiro atoms. The van der Waals surface area contributed by atoms with Crippen LogP contribution in [0.5, 0.6) is 0 Å². The van der Waals surface area contributed by atoms with Gasteiger partial charge in [0.2, 0.25) is 0 Å². The fourth-order valence-electron chi connectivity index (χ4n) is 1.95. The van der Waals surface area contributed by atoms with Crippen molar-refractivity contribution in [3.8, 4) is 11.3 Å². The summed E-state index contributed by atoms with van der Waals surface area (Å²) in [5.41, 5.74) is 3.32. The van der Waals surface area contributed by atoms with E-state index in [4.69, 9.17) is 0 Å². The maximum Gasteiger partial charge on any atom is 0.0924 e. The van der Waals surface area contributed by atoms with Crippen LogP contribution in [0.3, 0.4) is 0 Å². The van der Waals surface area contributed by atoms with Crippen molar-refractivity contribution in [2.75, 3.05) is 5.32 Å². The molecule has 0 unspecified atom stereocenters. The minimum atomic E-state index is 0.877. The third-order valence-corrected chi connectivity index (χ3v) is 3.96. The Hall–Kier alpha value is -2.07. The summed E-state index contributed by atoms with van der Waals surface area (Å²) >= 11 is 1.83. The van der Waals surface area contributed by atoms with Gasteiger partial charge in [-0.15, -0.1) is 11.3 Å². The van der Waals surface area contributed by atoms with E-state index in [1.165, 1.54) is 9.75 Å². The molecule has 0 saturated heterocycles. The fourth-order valence-corrected chi connectivity index (χ4v) is 2.78. The molecule has 0 amide bonds. The highest BCUT2D eigenvalue weighted by atomic mass is 32.1. The standard InChI is InChI=1S/C15H15N3S/c1-11-2-7-14(19-11)8-17-13-5-3-12(4-6-13)15-9-16-10-18-15/h2-7,9-10,17H,8H2,1H3,(H,16,18). The average Bonchev–Trinajstić information content (AvgIpc) is 3.08. The number of imidazole rings is 1. The van der Waals surface area contributed by atoms with Crippen LogP contribution in [0, 0.1) is 6.92 Å². The number of H-pyrrole nitrogens is 1. The normalized spacial score (nSPS) is 10.6. The monoisotopic (exact) mass is 269 g/mol. The highest BCUT2D eigenvalue weighted by molar-refractivity contribution is 7.11. The van der Waals surface area contributed by atoms with E-state index >= 15 is 0 Å². The number of aromatic nitrogens is 2. The van der Waals surface area contributed by atoms with Crippen LogP contribution in [0.4, 0.5) is 5.69 Å². The van der Waals surface area contributed by atoms with Gasteiger partial charge in [0.15, 0.2) is 0 Å². The maximum absolute atomic E-state index is 4.03. The summed E-state index contributed by atoms with van der Waals surface area (Å²) in [4.78, 5) is 9.84. The van der Waals surface area contributed by atoms with Crippen molar-refractivity contribution in [1.82, 2.24) is 9.97 Å². The Morgan fingerprint density at radius 1 is 1.16 bits per heavy atom. The quantitative estimate of drug-likeness (QED) is 0.750. The number of hydrogen-bond acceptors (Lipinski definition) is 3. The molecule has 0 aliphatic carbocycles. The van der Waals surface area contributed by atoms with Gasteiger partial charge < -0.3 is 10.3 Å². The Morgan fingerprint density at radius 2 is 2.00 bits per heavy atom. The second kappa shape index (κ2) is 5.28.